The van der Waals surface area contributed by atoms with Gasteiger partial charge in [0.05, 0.1) is 0 Å². The third-order valence-corrected chi connectivity index (χ3v) is 5.66. The molecule has 1 aliphatic rings. The van der Waals surface area contributed by atoms with Crippen molar-refractivity contribution >= 4 is 11.3 Å². The van der Waals surface area contributed by atoms with Crippen molar-refractivity contribution in [2.75, 3.05) is 13.1 Å². The van der Waals surface area contributed by atoms with Gasteiger partial charge in [-0.3, -0.25) is 15.0 Å². The van der Waals surface area contributed by atoms with E-state index in [1.54, 1.807) is 12.4 Å². The number of nitrogens with one attached hydrogen (secondary N) is 1. The van der Waals surface area contributed by atoms with E-state index in [2.05, 4.69) is 38.5 Å². The predicted octanol–water partition coefficient (Wildman–Crippen LogP) is 3.62. The standard InChI is InChI=1S/C18H21N5S/c1-13-6-9-24-16(13)12-23-8-3-5-15(11-23)18-20-17(21-22-18)14-4-2-7-19-10-14/h2,4,6-7,9-10,15H,3,5,8,11-12H2,1H3,(H,20,21,22). The van der Waals surface area contributed by atoms with Gasteiger partial charge >= 0.3 is 0 Å². The molecule has 1 saturated heterocycles. The van der Waals surface area contributed by atoms with Crippen LogP contribution in [-0.2, 0) is 6.54 Å². The number of H-pyrrole nitrogens is 1. The monoisotopic (exact) mass is 339 g/mol. The molecule has 1 aliphatic heterocycles. The summed E-state index contributed by atoms with van der Waals surface area (Å²) >= 11 is 1.86. The molecule has 1 unspecified atom stereocenters. The minimum absolute atomic E-state index is 0.428. The molecule has 0 aliphatic carbocycles. The number of hydrogen-bond acceptors (Lipinski definition) is 5. The molecule has 0 radical (unpaired) electrons. The minimum atomic E-state index is 0.428. The first-order valence-corrected chi connectivity index (χ1v) is 9.25. The molecule has 124 valence electrons. The lowest BCUT2D eigenvalue weighted by atomic mass is 9.97. The van der Waals surface area contributed by atoms with E-state index in [0.717, 1.165) is 36.8 Å². The lowest BCUT2D eigenvalue weighted by Gasteiger charge is -2.31. The Morgan fingerprint density at radius 2 is 2.33 bits per heavy atom. The second-order valence-electron chi connectivity index (χ2n) is 6.39. The largest absolute Gasteiger partial charge is 0.298 e. The smallest absolute Gasteiger partial charge is 0.182 e. The summed E-state index contributed by atoms with van der Waals surface area (Å²) in [5.41, 5.74) is 2.36. The van der Waals surface area contributed by atoms with Crippen LogP contribution in [0.25, 0.3) is 11.4 Å². The van der Waals surface area contributed by atoms with Gasteiger partial charge in [-0.2, -0.15) is 5.10 Å². The molecule has 1 fully saturated rings. The van der Waals surface area contributed by atoms with E-state index >= 15 is 0 Å². The average molecular weight is 339 g/mol. The number of likely N-dealkylation sites (tertiary alicyclic amines) is 1. The zero-order chi connectivity index (χ0) is 16.4. The van der Waals surface area contributed by atoms with Crippen LogP contribution in [0.4, 0.5) is 0 Å². The molecule has 4 heterocycles. The topological polar surface area (TPSA) is 57.7 Å². The normalized spacial score (nSPS) is 18.8. The number of aryl methyl sites for hydroxylation is 1. The highest BCUT2D eigenvalue weighted by Crippen LogP contribution is 2.28. The molecule has 0 saturated carbocycles. The number of rotatable bonds is 4. The van der Waals surface area contributed by atoms with Gasteiger partial charge in [0.15, 0.2) is 5.82 Å². The zero-order valence-corrected chi connectivity index (χ0v) is 14.6. The molecule has 6 heteroatoms. The summed E-state index contributed by atoms with van der Waals surface area (Å²) in [5, 5.41) is 9.72. The summed E-state index contributed by atoms with van der Waals surface area (Å²) in [5.74, 6) is 2.17. The number of pyridine rings is 1. The Kier molecular flexibility index (Phi) is 4.40. The maximum atomic E-state index is 4.72. The number of aromatic nitrogens is 4. The van der Waals surface area contributed by atoms with Gasteiger partial charge in [-0.1, -0.05) is 0 Å². The highest BCUT2D eigenvalue weighted by Gasteiger charge is 2.24. The second-order valence-corrected chi connectivity index (χ2v) is 7.39. The van der Waals surface area contributed by atoms with Crippen LogP contribution in [0, 0.1) is 6.92 Å². The molecule has 0 amide bonds. The summed E-state index contributed by atoms with van der Waals surface area (Å²) in [6.45, 7) is 5.45. The van der Waals surface area contributed by atoms with E-state index in [1.807, 2.05) is 23.5 Å². The molecule has 1 N–H and O–H groups in total. The van der Waals surface area contributed by atoms with Crippen molar-refractivity contribution in [2.45, 2.75) is 32.2 Å². The molecule has 0 aromatic carbocycles. The maximum absolute atomic E-state index is 4.72. The first-order chi connectivity index (χ1) is 11.8. The summed E-state index contributed by atoms with van der Waals surface area (Å²) in [4.78, 5) is 12.9. The van der Waals surface area contributed by atoms with Crippen LogP contribution in [0.2, 0.25) is 0 Å². The first kappa shape index (κ1) is 15.5. The van der Waals surface area contributed by atoms with E-state index in [-0.39, 0.29) is 0 Å². The molecular formula is C18H21N5S. The van der Waals surface area contributed by atoms with Crippen LogP contribution in [0.1, 0.15) is 35.0 Å². The van der Waals surface area contributed by atoms with Crippen molar-refractivity contribution in [2.24, 2.45) is 0 Å². The van der Waals surface area contributed by atoms with Crippen LogP contribution in [0.15, 0.2) is 36.0 Å². The van der Waals surface area contributed by atoms with Gasteiger partial charge in [-0.05, 0) is 55.5 Å². The van der Waals surface area contributed by atoms with Gasteiger partial charge in [0.1, 0.15) is 5.82 Å². The minimum Gasteiger partial charge on any atom is -0.298 e. The number of aromatic amines is 1. The Hall–Kier alpha value is -2.05. The van der Waals surface area contributed by atoms with Gasteiger partial charge in [0.25, 0.3) is 0 Å². The Bertz CT molecular complexity index is 795. The van der Waals surface area contributed by atoms with Crippen LogP contribution in [-0.4, -0.2) is 38.2 Å². The fraction of sp³-hybridized carbons (Fsp3) is 0.389. The van der Waals surface area contributed by atoms with Crippen molar-refractivity contribution in [3.8, 4) is 11.4 Å². The second kappa shape index (κ2) is 6.83. The van der Waals surface area contributed by atoms with Crippen LogP contribution < -0.4 is 0 Å². The fourth-order valence-electron chi connectivity index (χ4n) is 3.27. The molecule has 4 rings (SSSR count). The molecule has 5 nitrogen and oxygen atoms in total. The van der Waals surface area contributed by atoms with Gasteiger partial charge in [0.2, 0.25) is 0 Å². The maximum Gasteiger partial charge on any atom is 0.182 e. The van der Waals surface area contributed by atoms with Gasteiger partial charge in [-0.25, -0.2) is 4.98 Å². The Balaban J connectivity index is 1.46. The highest BCUT2D eigenvalue weighted by molar-refractivity contribution is 7.10. The van der Waals surface area contributed by atoms with Gasteiger partial charge in [0, 0.05) is 41.8 Å². The Labute approximate surface area is 145 Å². The summed E-state index contributed by atoms with van der Waals surface area (Å²) < 4.78 is 0. The molecular weight excluding hydrogens is 318 g/mol. The third kappa shape index (κ3) is 3.25. The van der Waals surface area contributed by atoms with E-state index < -0.39 is 0 Å². The van der Waals surface area contributed by atoms with Crippen molar-refractivity contribution in [1.29, 1.82) is 0 Å². The SMILES string of the molecule is Cc1ccsc1CN1CCCC(c2nc(-c3cccnc3)n[nH]2)C1. The van der Waals surface area contributed by atoms with Crippen molar-refractivity contribution in [1.82, 2.24) is 25.1 Å². The molecule has 3 aromatic rings. The zero-order valence-electron chi connectivity index (χ0n) is 13.8. The van der Waals surface area contributed by atoms with E-state index in [4.69, 9.17) is 4.98 Å². The van der Waals surface area contributed by atoms with Gasteiger partial charge in [-0.15, -0.1) is 11.3 Å². The van der Waals surface area contributed by atoms with Crippen LogP contribution in [0.5, 0.6) is 0 Å². The predicted molar refractivity (Wildman–Crippen MR) is 95.9 cm³/mol. The number of nitrogens with zero attached hydrogens (tertiary/aromatic N) is 4. The lowest BCUT2D eigenvalue weighted by molar-refractivity contribution is 0.198. The van der Waals surface area contributed by atoms with E-state index in [9.17, 15) is 0 Å². The van der Waals surface area contributed by atoms with E-state index in [0.29, 0.717) is 5.92 Å². The van der Waals surface area contributed by atoms with E-state index in [1.165, 1.54) is 23.3 Å². The van der Waals surface area contributed by atoms with Crippen LogP contribution in [0.3, 0.4) is 0 Å². The Morgan fingerprint density at radius 1 is 1.38 bits per heavy atom. The molecule has 0 spiro atoms. The summed E-state index contributed by atoms with van der Waals surface area (Å²) in [6, 6.07) is 6.11. The van der Waals surface area contributed by atoms with Crippen molar-refractivity contribution in [3.05, 3.63) is 52.2 Å². The van der Waals surface area contributed by atoms with Crippen LogP contribution >= 0.6 is 11.3 Å². The lowest BCUT2D eigenvalue weighted by Crippen LogP contribution is -2.34. The summed E-state index contributed by atoms with van der Waals surface area (Å²) in [7, 11) is 0. The third-order valence-electron chi connectivity index (χ3n) is 4.65. The first-order valence-electron chi connectivity index (χ1n) is 8.37. The Morgan fingerprint density at radius 3 is 3.12 bits per heavy atom. The molecule has 1 atom stereocenters. The van der Waals surface area contributed by atoms with Gasteiger partial charge < -0.3 is 0 Å². The van der Waals surface area contributed by atoms with Crippen molar-refractivity contribution < 1.29 is 0 Å². The molecule has 24 heavy (non-hydrogen) atoms. The summed E-state index contributed by atoms with van der Waals surface area (Å²) in [6.07, 6.45) is 5.95. The fourth-order valence-corrected chi connectivity index (χ4v) is 4.22. The molecule has 0 bridgehead atoms. The average Bonchev–Trinajstić information content (AvgIpc) is 3.26. The quantitative estimate of drug-likeness (QED) is 0.789. The number of hydrogen-bond donors (Lipinski definition) is 1. The van der Waals surface area contributed by atoms with Crippen molar-refractivity contribution in [3.63, 3.8) is 0 Å². The number of piperidine rings is 1. The number of thiophene rings is 1. The molecule has 3 aromatic heterocycles. The highest BCUT2D eigenvalue weighted by atomic mass is 32.1.